The molecule has 0 radical (unpaired) electrons. The molecule has 0 spiro atoms. The Labute approximate surface area is 147 Å². The number of aryl methyl sites for hydroxylation is 2. The molecule has 0 aliphatic rings. The molecule has 24 heavy (non-hydrogen) atoms. The summed E-state index contributed by atoms with van der Waals surface area (Å²) in [6.45, 7) is 7.40. The van der Waals surface area contributed by atoms with Crippen LogP contribution in [0.1, 0.15) is 47.7 Å². The number of nitrogens with one attached hydrogen (secondary N) is 1. The predicted octanol–water partition coefficient (Wildman–Crippen LogP) is 3.12. The zero-order chi connectivity index (χ0) is 18.2. The number of hydrogen-bond donors (Lipinski definition) is 1. The molecule has 1 unspecified atom stereocenters. The molecular weight excluding hydrogens is 384 g/mol. The normalized spacial score (nSPS) is 12.7. The van der Waals surface area contributed by atoms with Crippen LogP contribution in [0.5, 0.6) is 0 Å². The minimum atomic E-state index is -2.70. The summed E-state index contributed by atoms with van der Waals surface area (Å²) in [5.41, 5.74) is 2.90. The van der Waals surface area contributed by atoms with E-state index in [-0.39, 0.29) is 16.1 Å². The number of halogens is 3. The van der Waals surface area contributed by atoms with E-state index < -0.39 is 12.5 Å². The summed E-state index contributed by atoms with van der Waals surface area (Å²) < 4.78 is 29.2. The van der Waals surface area contributed by atoms with Crippen LogP contribution in [0, 0.1) is 20.8 Å². The summed E-state index contributed by atoms with van der Waals surface area (Å²) >= 11 is 3.11. The van der Waals surface area contributed by atoms with Crippen LogP contribution in [0.3, 0.4) is 0 Å². The van der Waals surface area contributed by atoms with Gasteiger partial charge in [-0.25, -0.2) is 8.78 Å². The molecule has 0 saturated carbocycles. The molecule has 1 amide bonds. The van der Waals surface area contributed by atoms with Gasteiger partial charge in [0.15, 0.2) is 0 Å². The lowest BCUT2D eigenvalue weighted by atomic mass is 10.2. The minimum Gasteiger partial charge on any atom is -0.350 e. The van der Waals surface area contributed by atoms with Crippen molar-refractivity contribution in [1.82, 2.24) is 24.9 Å². The molecule has 9 heteroatoms. The lowest BCUT2D eigenvalue weighted by Gasteiger charge is -2.14. The second-order valence-corrected chi connectivity index (χ2v) is 6.49. The van der Waals surface area contributed by atoms with E-state index in [1.807, 2.05) is 20.9 Å². The Balaban J connectivity index is 2.14. The number of aromatic nitrogens is 4. The average Bonchev–Trinajstić information content (AvgIpc) is 2.94. The molecule has 2 aromatic heterocycles. The molecule has 2 heterocycles. The molecule has 1 N–H and O–H groups in total. The first-order valence-electron chi connectivity index (χ1n) is 7.44. The highest BCUT2D eigenvalue weighted by atomic mass is 79.9. The average molecular weight is 404 g/mol. The van der Waals surface area contributed by atoms with Crippen molar-refractivity contribution in [2.75, 3.05) is 0 Å². The number of hydrogen-bond acceptors (Lipinski definition) is 3. The van der Waals surface area contributed by atoms with Gasteiger partial charge in [0.1, 0.15) is 11.7 Å². The maximum absolute atomic E-state index is 12.9. The van der Waals surface area contributed by atoms with Crippen molar-refractivity contribution < 1.29 is 13.6 Å². The second kappa shape index (κ2) is 7.00. The van der Waals surface area contributed by atoms with Gasteiger partial charge in [0.05, 0.1) is 15.9 Å². The largest absolute Gasteiger partial charge is 0.350 e. The van der Waals surface area contributed by atoms with Crippen LogP contribution < -0.4 is 5.32 Å². The number of nitrogens with zero attached hydrogens (tertiary/aromatic N) is 4. The Kier molecular flexibility index (Phi) is 5.42. The number of amides is 1. The SMILES string of the molecule is Cc1nn(C)c(C)c1CNC(=O)C(C)n1nc(C(F)F)c(Br)c1C. The van der Waals surface area contributed by atoms with E-state index in [2.05, 4.69) is 31.4 Å². The Hall–Kier alpha value is -1.77. The van der Waals surface area contributed by atoms with Crippen molar-refractivity contribution in [3.05, 3.63) is 32.8 Å². The van der Waals surface area contributed by atoms with Gasteiger partial charge in [-0.05, 0) is 43.6 Å². The van der Waals surface area contributed by atoms with Crippen molar-refractivity contribution in [3.8, 4) is 0 Å². The summed E-state index contributed by atoms with van der Waals surface area (Å²) in [6, 6.07) is -0.703. The highest BCUT2D eigenvalue weighted by molar-refractivity contribution is 9.10. The van der Waals surface area contributed by atoms with Gasteiger partial charge in [-0.15, -0.1) is 0 Å². The van der Waals surface area contributed by atoms with Crippen molar-refractivity contribution in [3.63, 3.8) is 0 Å². The number of carbonyl (C=O) groups excluding carboxylic acids is 1. The topological polar surface area (TPSA) is 64.7 Å². The standard InChI is InChI=1S/C15H20BrF2N5O/c1-7-11(8(2)22(5)20-7)6-19-15(24)10(4)23-9(3)12(16)13(21-23)14(17)18/h10,14H,6H2,1-5H3,(H,19,24). The molecule has 0 aliphatic heterocycles. The number of rotatable bonds is 5. The minimum absolute atomic E-state index is 0.232. The lowest BCUT2D eigenvalue weighted by Crippen LogP contribution is -2.32. The fraction of sp³-hybridized carbons (Fsp3) is 0.533. The fourth-order valence-corrected chi connectivity index (χ4v) is 2.98. The van der Waals surface area contributed by atoms with Crippen molar-refractivity contribution in [2.45, 2.75) is 46.7 Å². The van der Waals surface area contributed by atoms with Crippen LogP contribution in [-0.4, -0.2) is 25.5 Å². The van der Waals surface area contributed by atoms with E-state index in [1.165, 1.54) is 4.68 Å². The second-order valence-electron chi connectivity index (χ2n) is 5.70. The van der Waals surface area contributed by atoms with Crippen molar-refractivity contribution in [2.24, 2.45) is 7.05 Å². The summed E-state index contributed by atoms with van der Waals surface area (Å²) in [5.74, 6) is -0.295. The predicted molar refractivity (Wildman–Crippen MR) is 88.9 cm³/mol. The third-order valence-electron chi connectivity index (χ3n) is 4.15. The van der Waals surface area contributed by atoms with Gasteiger partial charge in [0, 0.05) is 24.8 Å². The molecule has 0 bridgehead atoms. The lowest BCUT2D eigenvalue weighted by molar-refractivity contribution is -0.124. The zero-order valence-corrected chi connectivity index (χ0v) is 15.8. The van der Waals surface area contributed by atoms with Gasteiger partial charge in [-0.2, -0.15) is 10.2 Å². The quantitative estimate of drug-likeness (QED) is 0.833. The Morgan fingerprint density at radius 1 is 1.25 bits per heavy atom. The summed E-state index contributed by atoms with van der Waals surface area (Å²) in [4.78, 5) is 12.4. The van der Waals surface area contributed by atoms with Gasteiger partial charge >= 0.3 is 0 Å². The summed E-state index contributed by atoms with van der Waals surface area (Å²) in [5, 5.41) is 11.0. The fourth-order valence-electron chi connectivity index (χ4n) is 2.54. The third-order valence-corrected chi connectivity index (χ3v) is 5.13. The van der Waals surface area contributed by atoms with Gasteiger partial charge in [0.25, 0.3) is 6.43 Å². The van der Waals surface area contributed by atoms with Crippen molar-refractivity contribution in [1.29, 1.82) is 0 Å². The smallest absolute Gasteiger partial charge is 0.283 e. The van der Waals surface area contributed by atoms with Gasteiger partial charge in [-0.1, -0.05) is 0 Å². The van der Waals surface area contributed by atoms with E-state index in [1.54, 1.807) is 18.5 Å². The molecule has 0 aliphatic carbocycles. The summed E-state index contributed by atoms with van der Waals surface area (Å²) in [7, 11) is 1.84. The van der Waals surface area contributed by atoms with Gasteiger partial charge in [-0.3, -0.25) is 14.2 Å². The van der Waals surface area contributed by atoms with E-state index >= 15 is 0 Å². The first kappa shape index (κ1) is 18.6. The van der Waals surface area contributed by atoms with Crippen LogP contribution in [0.2, 0.25) is 0 Å². The molecule has 2 aromatic rings. The Morgan fingerprint density at radius 2 is 1.88 bits per heavy atom. The summed E-state index contributed by atoms with van der Waals surface area (Å²) in [6.07, 6.45) is -2.70. The first-order chi connectivity index (χ1) is 11.1. The molecule has 2 rings (SSSR count). The molecule has 132 valence electrons. The van der Waals surface area contributed by atoms with Crippen LogP contribution in [0.15, 0.2) is 4.47 Å². The van der Waals surface area contributed by atoms with Crippen molar-refractivity contribution >= 4 is 21.8 Å². The van der Waals surface area contributed by atoms with E-state index in [0.29, 0.717) is 12.2 Å². The number of carbonyl (C=O) groups is 1. The zero-order valence-electron chi connectivity index (χ0n) is 14.2. The maximum Gasteiger partial charge on any atom is 0.283 e. The van der Waals surface area contributed by atoms with Crippen LogP contribution >= 0.6 is 15.9 Å². The van der Waals surface area contributed by atoms with Gasteiger partial charge < -0.3 is 5.32 Å². The molecule has 0 aromatic carbocycles. The van der Waals surface area contributed by atoms with E-state index in [0.717, 1.165) is 17.0 Å². The number of alkyl halides is 2. The van der Waals surface area contributed by atoms with Crippen LogP contribution in [0.4, 0.5) is 8.78 Å². The molecule has 0 saturated heterocycles. The third kappa shape index (κ3) is 3.35. The Bertz CT molecular complexity index is 768. The molecular formula is C15H20BrF2N5O. The molecule has 1 atom stereocenters. The monoisotopic (exact) mass is 403 g/mol. The Morgan fingerprint density at radius 3 is 2.33 bits per heavy atom. The molecule has 6 nitrogen and oxygen atoms in total. The van der Waals surface area contributed by atoms with Crippen LogP contribution in [0.25, 0.3) is 0 Å². The maximum atomic E-state index is 12.9. The molecule has 0 fully saturated rings. The van der Waals surface area contributed by atoms with E-state index in [9.17, 15) is 13.6 Å². The highest BCUT2D eigenvalue weighted by Gasteiger charge is 2.25. The van der Waals surface area contributed by atoms with Crippen LogP contribution in [-0.2, 0) is 18.4 Å². The van der Waals surface area contributed by atoms with Gasteiger partial charge in [0.2, 0.25) is 5.91 Å². The highest BCUT2D eigenvalue weighted by Crippen LogP contribution is 2.30. The first-order valence-corrected chi connectivity index (χ1v) is 8.23. The van der Waals surface area contributed by atoms with E-state index in [4.69, 9.17) is 0 Å².